The van der Waals surface area contributed by atoms with Gasteiger partial charge in [-0.05, 0) is 24.6 Å². The lowest BCUT2D eigenvalue weighted by Gasteiger charge is -2.34. The molecule has 0 atom stereocenters. The Kier molecular flexibility index (Phi) is 3.97. The predicted molar refractivity (Wildman–Crippen MR) is 71.5 cm³/mol. The van der Waals surface area contributed by atoms with Crippen LogP contribution in [0.3, 0.4) is 0 Å². The molecule has 18 heavy (non-hydrogen) atoms. The number of hydrogen-bond acceptors (Lipinski definition) is 2. The van der Waals surface area contributed by atoms with E-state index < -0.39 is 6.17 Å². The van der Waals surface area contributed by atoms with E-state index in [1.165, 1.54) is 5.56 Å². The zero-order valence-electron chi connectivity index (χ0n) is 11.2. The molecule has 4 heteroatoms. The van der Waals surface area contributed by atoms with Crippen LogP contribution in [0.25, 0.3) is 5.65 Å². The van der Waals surface area contributed by atoms with Gasteiger partial charge < -0.3 is 4.40 Å². The molecular formula is C14H20FN3. The van der Waals surface area contributed by atoms with E-state index in [9.17, 15) is 4.39 Å². The van der Waals surface area contributed by atoms with E-state index in [4.69, 9.17) is 0 Å². The molecule has 2 aromatic rings. The van der Waals surface area contributed by atoms with Gasteiger partial charge in [0.25, 0.3) is 0 Å². The number of aromatic nitrogens is 2. The number of aryl methyl sites for hydroxylation is 1. The molecule has 1 aliphatic rings. The number of nitrogens with zero attached hydrogens (tertiary/aromatic N) is 3. The molecule has 1 aliphatic heterocycles. The van der Waals surface area contributed by atoms with E-state index in [-0.39, 0.29) is 0 Å². The Morgan fingerprint density at radius 2 is 2.11 bits per heavy atom. The summed E-state index contributed by atoms with van der Waals surface area (Å²) in [5.74, 6) is 0. The largest absolute Gasteiger partial charge is 0.304 e. The van der Waals surface area contributed by atoms with Crippen molar-refractivity contribution in [2.75, 3.05) is 13.1 Å². The molecule has 98 valence electrons. The van der Waals surface area contributed by atoms with Gasteiger partial charge in [-0.3, -0.25) is 4.90 Å². The van der Waals surface area contributed by atoms with Gasteiger partial charge in [-0.1, -0.05) is 13.8 Å². The highest BCUT2D eigenvalue weighted by Crippen LogP contribution is 2.16. The normalized spacial score (nSPS) is 16.2. The molecule has 1 saturated heterocycles. The Morgan fingerprint density at radius 1 is 1.39 bits per heavy atom. The maximum atomic E-state index is 12.7. The number of pyridine rings is 1. The summed E-state index contributed by atoms with van der Waals surface area (Å²) in [5.41, 5.74) is 3.30. The molecule has 2 aromatic heterocycles. The van der Waals surface area contributed by atoms with E-state index in [2.05, 4.69) is 26.4 Å². The first-order chi connectivity index (χ1) is 8.72. The van der Waals surface area contributed by atoms with Crippen LogP contribution in [0, 0.1) is 6.92 Å². The standard InChI is InChI=1S/C12H14FN3.C2H6/c1-9-5-14-12-4-10(2-3-16(9)12)6-15-7-11(13)8-15;1-2/h2-5,11H,6-8H2,1H3;1-2H3. The van der Waals surface area contributed by atoms with Gasteiger partial charge in [0.1, 0.15) is 11.8 Å². The smallest absolute Gasteiger partial charge is 0.137 e. The van der Waals surface area contributed by atoms with Crippen molar-refractivity contribution in [3.63, 3.8) is 0 Å². The third kappa shape index (κ3) is 2.53. The molecule has 0 unspecified atom stereocenters. The lowest BCUT2D eigenvalue weighted by molar-refractivity contribution is 0.0591. The maximum absolute atomic E-state index is 12.7. The van der Waals surface area contributed by atoms with Crippen LogP contribution < -0.4 is 0 Å². The van der Waals surface area contributed by atoms with Gasteiger partial charge in [0, 0.05) is 37.7 Å². The fourth-order valence-corrected chi connectivity index (χ4v) is 2.14. The Labute approximate surface area is 107 Å². The van der Waals surface area contributed by atoms with Crippen molar-refractivity contribution in [1.82, 2.24) is 14.3 Å². The molecule has 0 N–H and O–H groups in total. The number of hydrogen-bond donors (Lipinski definition) is 0. The maximum Gasteiger partial charge on any atom is 0.137 e. The van der Waals surface area contributed by atoms with Crippen molar-refractivity contribution in [1.29, 1.82) is 0 Å². The van der Waals surface area contributed by atoms with Crippen LogP contribution in [0.2, 0.25) is 0 Å². The van der Waals surface area contributed by atoms with Gasteiger partial charge in [0.2, 0.25) is 0 Å². The van der Waals surface area contributed by atoms with Crippen LogP contribution in [-0.4, -0.2) is 33.5 Å². The summed E-state index contributed by atoms with van der Waals surface area (Å²) >= 11 is 0. The van der Waals surface area contributed by atoms with E-state index in [0.29, 0.717) is 13.1 Å². The first-order valence-corrected chi connectivity index (χ1v) is 6.51. The molecule has 3 nitrogen and oxygen atoms in total. The molecule has 0 aromatic carbocycles. The zero-order valence-corrected chi connectivity index (χ0v) is 11.2. The van der Waals surface area contributed by atoms with Crippen LogP contribution in [0.5, 0.6) is 0 Å². The van der Waals surface area contributed by atoms with E-state index in [0.717, 1.165) is 17.9 Å². The van der Waals surface area contributed by atoms with Crippen molar-refractivity contribution in [2.45, 2.75) is 33.5 Å². The predicted octanol–water partition coefficient (Wildman–Crippen LogP) is 2.82. The van der Waals surface area contributed by atoms with E-state index in [1.807, 2.05) is 33.2 Å². The second kappa shape index (κ2) is 5.48. The van der Waals surface area contributed by atoms with Gasteiger partial charge in [0.05, 0.1) is 0 Å². The first-order valence-electron chi connectivity index (χ1n) is 6.51. The quantitative estimate of drug-likeness (QED) is 0.816. The molecule has 0 saturated carbocycles. The third-order valence-corrected chi connectivity index (χ3v) is 3.08. The highest BCUT2D eigenvalue weighted by molar-refractivity contribution is 5.43. The summed E-state index contributed by atoms with van der Waals surface area (Å²) in [5, 5.41) is 0. The lowest BCUT2D eigenvalue weighted by Crippen LogP contribution is -2.47. The minimum atomic E-state index is -0.627. The molecule has 0 amide bonds. The number of halogens is 1. The number of likely N-dealkylation sites (tertiary alicyclic amines) is 1. The van der Waals surface area contributed by atoms with E-state index >= 15 is 0 Å². The summed E-state index contributed by atoms with van der Waals surface area (Å²) in [4.78, 5) is 6.42. The Bertz CT molecular complexity index is 515. The topological polar surface area (TPSA) is 20.5 Å². The SMILES string of the molecule is CC.Cc1cnc2cc(CN3CC(F)C3)ccn12. The van der Waals surface area contributed by atoms with Crippen molar-refractivity contribution in [3.8, 4) is 0 Å². The highest BCUT2D eigenvalue weighted by Gasteiger charge is 2.25. The lowest BCUT2D eigenvalue weighted by atomic mass is 10.1. The Hall–Kier alpha value is -1.42. The van der Waals surface area contributed by atoms with Crippen molar-refractivity contribution >= 4 is 5.65 Å². The summed E-state index contributed by atoms with van der Waals surface area (Å²) in [6, 6.07) is 4.14. The molecule has 3 heterocycles. The van der Waals surface area contributed by atoms with Gasteiger partial charge >= 0.3 is 0 Å². The highest BCUT2D eigenvalue weighted by atomic mass is 19.1. The van der Waals surface area contributed by atoms with Gasteiger partial charge in [-0.15, -0.1) is 0 Å². The second-order valence-electron chi connectivity index (χ2n) is 4.45. The van der Waals surface area contributed by atoms with Gasteiger partial charge in [0.15, 0.2) is 0 Å². The first kappa shape index (κ1) is 13.0. The molecule has 1 fully saturated rings. The Balaban J connectivity index is 0.000000574. The fraction of sp³-hybridized carbons (Fsp3) is 0.500. The van der Waals surface area contributed by atoms with E-state index in [1.54, 1.807) is 0 Å². The van der Waals surface area contributed by atoms with Crippen LogP contribution >= 0.6 is 0 Å². The molecule has 3 rings (SSSR count). The average molecular weight is 249 g/mol. The number of imidazole rings is 1. The molecule has 0 aliphatic carbocycles. The summed E-state index contributed by atoms with van der Waals surface area (Å²) < 4.78 is 14.7. The molecule has 0 spiro atoms. The van der Waals surface area contributed by atoms with Crippen LogP contribution in [-0.2, 0) is 6.54 Å². The van der Waals surface area contributed by atoms with Gasteiger partial charge in [-0.2, -0.15) is 0 Å². The van der Waals surface area contributed by atoms with Gasteiger partial charge in [-0.25, -0.2) is 9.37 Å². The van der Waals surface area contributed by atoms with Crippen LogP contribution in [0.15, 0.2) is 24.5 Å². The van der Waals surface area contributed by atoms with Crippen LogP contribution in [0.1, 0.15) is 25.1 Å². The molecule has 0 bridgehead atoms. The number of fused-ring (bicyclic) bond motifs is 1. The monoisotopic (exact) mass is 249 g/mol. The summed E-state index contributed by atoms with van der Waals surface area (Å²) in [6.45, 7) is 7.99. The average Bonchev–Trinajstić information content (AvgIpc) is 2.72. The third-order valence-electron chi connectivity index (χ3n) is 3.08. The molecular weight excluding hydrogens is 229 g/mol. The molecule has 0 radical (unpaired) electrons. The zero-order chi connectivity index (χ0) is 13.1. The number of alkyl halides is 1. The van der Waals surface area contributed by atoms with Crippen molar-refractivity contribution < 1.29 is 4.39 Å². The summed E-state index contributed by atoms with van der Waals surface area (Å²) in [7, 11) is 0. The van der Waals surface area contributed by atoms with Crippen molar-refractivity contribution in [2.24, 2.45) is 0 Å². The minimum Gasteiger partial charge on any atom is -0.304 e. The number of rotatable bonds is 2. The summed E-state index contributed by atoms with van der Waals surface area (Å²) in [6.07, 6.45) is 3.26. The fourth-order valence-electron chi connectivity index (χ4n) is 2.14. The van der Waals surface area contributed by atoms with Crippen molar-refractivity contribution in [3.05, 3.63) is 35.8 Å². The van der Waals surface area contributed by atoms with Crippen LogP contribution in [0.4, 0.5) is 4.39 Å². The Morgan fingerprint density at radius 3 is 2.78 bits per heavy atom. The second-order valence-corrected chi connectivity index (χ2v) is 4.45. The minimum absolute atomic E-state index is 0.568.